The van der Waals surface area contributed by atoms with E-state index in [1.54, 1.807) is 24.3 Å². The van der Waals surface area contributed by atoms with E-state index >= 15 is 0 Å². The zero-order valence-corrected chi connectivity index (χ0v) is 15.2. The Morgan fingerprint density at radius 3 is 2.35 bits per heavy atom. The van der Waals surface area contributed by atoms with Crippen molar-refractivity contribution in [2.75, 3.05) is 51.3 Å². The van der Waals surface area contributed by atoms with Crippen LogP contribution in [0, 0.1) is 0 Å². The van der Waals surface area contributed by atoms with Crippen molar-refractivity contribution >= 4 is 17.5 Å². The van der Waals surface area contributed by atoms with Crippen molar-refractivity contribution in [2.45, 2.75) is 25.3 Å². The Bertz CT molecular complexity index is 606. The Labute approximate surface area is 154 Å². The smallest absolute Gasteiger partial charge is 0.248 e. The summed E-state index contributed by atoms with van der Waals surface area (Å²) >= 11 is 0. The molecule has 26 heavy (non-hydrogen) atoms. The number of carbonyl (C=O) groups excluding carboxylic acids is 2. The number of benzene rings is 1. The molecule has 2 saturated heterocycles. The molecule has 142 valence electrons. The molecule has 7 heteroatoms. The summed E-state index contributed by atoms with van der Waals surface area (Å²) in [5.74, 6) is -0.476. The van der Waals surface area contributed by atoms with Gasteiger partial charge in [0.1, 0.15) is 0 Å². The van der Waals surface area contributed by atoms with Gasteiger partial charge >= 0.3 is 0 Å². The molecule has 2 amide bonds. The second kappa shape index (κ2) is 9.12. The number of amides is 2. The third-order valence-corrected chi connectivity index (χ3v) is 5.23. The molecule has 2 heterocycles. The zero-order chi connectivity index (χ0) is 18.4. The lowest BCUT2D eigenvalue weighted by Crippen LogP contribution is -2.49. The molecule has 0 bridgehead atoms. The average Bonchev–Trinajstić information content (AvgIpc) is 2.68. The molecule has 0 aliphatic carbocycles. The predicted octanol–water partition coefficient (Wildman–Crippen LogP) is 0.911. The zero-order valence-electron chi connectivity index (χ0n) is 15.2. The van der Waals surface area contributed by atoms with E-state index in [2.05, 4.69) is 15.1 Å². The van der Waals surface area contributed by atoms with Crippen LogP contribution >= 0.6 is 0 Å². The first-order valence-corrected chi connectivity index (χ1v) is 9.36. The van der Waals surface area contributed by atoms with Gasteiger partial charge in [0.2, 0.25) is 11.8 Å². The largest absolute Gasteiger partial charge is 0.379 e. The molecule has 3 N–H and O–H groups in total. The summed E-state index contributed by atoms with van der Waals surface area (Å²) in [4.78, 5) is 28.1. The molecular formula is C19H28N4O3. The summed E-state index contributed by atoms with van der Waals surface area (Å²) in [6.07, 6.45) is 2.80. The number of primary amides is 1. The number of carbonyl (C=O) groups is 2. The number of anilines is 1. The first-order valence-electron chi connectivity index (χ1n) is 9.36. The van der Waals surface area contributed by atoms with Gasteiger partial charge in [0.05, 0.1) is 13.2 Å². The Morgan fingerprint density at radius 1 is 1.08 bits per heavy atom. The van der Waals surface area contributed by atoms with Gasteiger partial charge in [-0.05, 0) is 50.2 Å². The van der Waals surface area contributed by atoms with Gasteiger partial charge in [-0.25, -0.2) is 0 Å². The van der Waals surface area contributed by atoms with Crippen LogP contribution in [-0.4, -0.2) is 73.6 Å². The van der Waals surface area contributed by atoms with Gasteiger partial charge in [-0.15, -0.1) is 0 Å². The van der Waals surface area contributed by atoms with E-state index < -0.39 is 5.91 Å². The number of piperidine rings is 1. The highest BCUT2D eigenvalue weighted by atomic mass is 16.5. The Hall–Kier alpha value is -1.96. The second-order valence-corrected chi connectivity index (χ2v) is 6.96. The third kappa shape index (κ3) is 5.27. The summed E-state index contributed by atoms with van der Waals surface area (Å²) in [6, 6.07) is 7.30. The molecule has 2 aliphatic rings. The molecule has 0 aromatic heterocycles. The Kier molecular flexibility index (Phi) is 6.60. The monoisotopic (exact) mass is 360 g/mol. The maximum Gasteiger partial charge on any atom is 0.248 e. The van der Waals surface area contributed by atoms with Crippen molar-refractivity contribution in [1.82, 2.24) is 9.80 Å². The number of nitrogens with two attached hydrogens (primary N) is 1. The SMILES string of the molecule is NC(=O)c1ccc(NC(=O)CCN2CCC(N3CCOCC3)CC2)cc1. The third-order valence-electron chi connectivity index (χ3n) is 5.23. The number of nitrogens with one attached hydrogen (secondary N) is 1. The number of morpholine rings is 1. The molecule has 2 aliphatic heterocycles. The van der Waals surface area contributed by atoms with E-state index in [1.807, 2.05) is 0 Å². The van der Waals surface area contributed by atoms with Gasteiger partial charge in [0.25, 0.3) is 0 Å². The fourth-order valence-corrected chi connectivity index (χ4v) is 3.65. The molecule has 0 saturated carbocycles. The summed E-state index contributed by atoms with van der Waals surface area (Å²) in [5.41, 5.74) is 6.33. The van der Waals surface area contributed by atoms with Crippen molar-refractivity contribution in [3.63, 3.8) is 0 Å². The molecule has 2 fully saturated rings. The molecule has 7 nitrogen and oxygen atoms in total. The quantitative estimate of drug-likeness (QED) is 0.787. The van der Waals surface area contributed by atoms with Gasteiger partial charge in [0.15, 0.2) is 0 Å². The summed E-state index contributed by atoms with van der Waals surface area (Å²) in [5, 5.41) is 2.87. The van der Waals surface area contributed by atoms with Crippen LogP contribution in [0.5, 0.6) is 0 Å². The van der Waals surface area contributed by atoms with E-state index in [9.17, 15) is 9.59 Å². The van der Waals surface area contributed by atoms with Gasteiger partial charge < -0.3 is 20.7 Å². The lowest BCUT2D eigenvalue weighted by atomic mass is 10.0. The predicted molar refractivity (Wildman–Crippen MR) is 100 cm³/mol. The fourth-order valence-electron chi connectivity index (χ4n) is 3.65. The summed E-state index contributed by atoms with van der Waals surface area (Å²) < 4.78 is 5.42. The summed E-state index contributed by atoms with van der Waals surface area (Å²) in [6.45, 7) is 6.65. The van der Waals surface area contributed by atoms with Crippen LogP contribution in [0.1, 0.15) is 29.6 Å². The highest BCUT2D eigenvalue weighted by Gasteiger charge is 2.25. The molecule has 1 aromatic rings. The van der Waals surface area contributed by atoms with E-state index in [4.69, 9.17) is 10.5 Å². The van der Waals surface area contributed by atoms with Crippen LogP contribution in [0.25, 0.3) is 0 Å². The Balaban J connectivity index is 1.36. The van der Waals surface area contributed by atoms with Crippen LogP contribution in [0.3, 0.4) is 0 Å². The highest BCUT2D eigenvalue weighted by Crippen LogP contribution is 2.18. The molecular weight excluding hydrogens is 332 g/mol. The van der Waals surface area contributed by atoms with Gasteiger partial charge in [-0.2, -0.15) is 0 Å². The van der Waals surface area contributed by atoms with Gasteiger partial charge in [0, 0.05) is 43.3 Å². The molecule has 3 rings (SSSR count). The minimum Gasteiger partial charge on any atom is -0.379 e. The van der Waals surface area contributed by atoms with Crippen LogP contribution in [0.2, 0.25) is 0 Å². The lowest BCUT2D eigenvalue weighted by molar-refractivity contribution is -0.116. The minimum absolute atomic E-state index is 0.00729. The van der Waals surface area contributed by atoms with E-state index in [1.165, 1.54) is 0 Å². The van der Waals surface area contributed by atoms with E-state index in [0.29, 0.717) is 23.7 Å². The molecule has 0 spiro atoms. The number of rotatable bonds is 6. The maximum atomic E-state index is 12.1. The standard InChI is InChI=1S/C19H28N4O3/c20-19(25)15-1-3-16(4-2-15)21-18(24)7-10-22-8-5-17(6-9-22)23-11-13-26-14-12-23/h1-4,17H,5-14H2,(H2,20,25)(H,21,24). The van der Waals surface area contributed by atoms with Crippen LogP contribution in [0.4, 0.5) is 5.69 Å². The van der Waals surface area contributed by atoms with Gasteiger partial charge in [-0.3, -0.25) is 14.5 Å². The van der Waals surface area contributed by atoms with Crippen LogP contribution < -0.4 is 11.1 Å². The van der Waals surface area contributed by atoms with Crippen LogP contribution in [-0.2, 0) is 9.53 Å². The fraction of sp³-hybridized carbons (Fsp3) is 0.579. The number of likely N-dealkylation sites (tertiary alicyclic amines) is 1. The first kappa shape index (κ1) is 18.8. The number of nitrogens with zero attached hydrogens (tertiary/aromatic N) is 2. The average molecular weight is 360 g/mol. The molecule has 0 atom stereocenters. The van der Waals surface area contributed by atoms with Crippen LogP contribution in [0.15, 0.2) is 24.3 Å². The van der Waals surface area contributed by atoms with Crippen molar-refractivity contribution < 1.29 is 14.3 Å². The number of ether oxygens (including phenoxy) is 1. The highest BCUT2D eigenvalue weighted by molar-refractivity contribution is 5.94. The van der Waals surface area contributed by atoms with Crippen molar-refractivity contribution in [3.8, 4) is 0 Å². The van der Waals surface area contributed by atoms with Gasteiger partial charge in [-0.1, -0.05) is 0 Å². The Morgan fingerprint density at radius 2 is 1.73 bits per heavy atom. The van der Waals surface area contributed by atoms with E-state index in [-0.39, 0.29) is 5.91 Å². The molecule has 0 radical (unpaired) electrons. The second-order valence-electron chi connectivity index (χ2n) is 6.96. The van der Waals surface area contributed by atoms with Crippen molar-refractivity contribution in [2.24, 2.45) is 5.73 Å². The molecule has 1 aromatic carbocycles. The lowest BCUT2D eigenvalue weighted by Gasteiger charge is -2.40. The van der Waals surface area contributed by atoms with Crippen molar-refractivity contribution in [1.29, 1.82) is 0 Å². The van der Waals surface area contributed by atoms with E-state index in [0.717, 1.165) is 58.8 Å². The van der Waals surface area contributed by atoms with Crippen molar-refractivity contribution in [3.05, 3.63) is 29.8 Å². The number of hydrogen-bond acceptors (Lipinski definition) is 5. The molecule has 0 unspecified atom stereocenters. The number of hydrogen-bond donors (Lipinski definition) is 2. The summed E-state index contributed by atoms with van der Waals surface area (Å²) in [7, 11) is 0. The normalized spacial score (nSPS) is 20.0. The minimum atomic E-state index is -0.469. The topological polar surface area (TPSA) is 87.9 Å². The first-order chi connectivity index (χ1) is 12.6. The maximum absolute atomic E-state index is 12.1.